The van der Waals surface area contributed by atoms with Crippen molar-refractivity contribution < 1.29 is 4.39 Å². The van der Waals surface area contributed by atoms with Crippen molar-refractivity contribution >= 4 is 5.69 Å². The lowest BCUT2D eigenvalue weighted by Gasteiger charge is -2.25. The Bertz CT molecular complexity index is 411. The molecule has 0 radical (unpaired) electrons. The van der Waals surface area contributed by atoms with Gasteiger partial charge in [-0.15, -0.1) is 0 Å². The highest BCUT2D eigenvalue weighted by Gasteiger charge is 2.21. The number of aryl methyl sites for hydroxylation is 1. The Morgan fingerprint density at radius 2 is 2.00 bits per heavy atom. The maximum Gasteiger partial charge on any atom is 0.149 e. The summed E-state index contributed by atoms with van der Waals surface area (Å²) >= 11 is 0. The fraction of sp³-hybridized carbons (Fsp3) is 0.600. The topological polar surface area (TPSA) is 29.3 Å². The quantitative estimate of drug-likeness (QED) is 0.832. The third kappa shape index (κ3) is 2.66. The predicted molar refractivity (Wildman–Crippen MR) is 74.2 cm³/mol. The zero-order valence-electron chi connectivity index (χ0n) is 11.4. The minimum Gasteiger partial charge on any atom is -0.396 e. The van der Waals surface area contributed by atoms with Crippen LogP contribution in [0.25, 0.3) is 0 Å². The van der Waals surface area contributed by atoms with Crippen LogP contribution in [0.2, 0.25) is 0 Å². The van der Waals surface area contributed by atoms with Gasteiger partial charge in [0.25, 0.3) is 0 Å². The molecule has 1 atom stereocenters. The van der Waals surface area contributed by atoms with E-state index in [9.17, 15) is 4.39 Å². The maximum absolute atomic E-state index is 14.2. The van der Waals surface area contributed by atoms with E-state index in [1.807, 2.05) is 6.07 Å². The lowest BCUT2D eigenvalue weighted by Crippen LogP contribution is -2.32. The summed E-state index contributed by atoms with van der Waals surface area (Å²) in [5.74, 6) is -0.208. The molecule has 0 saturated carbocycles. The molecule has 18 heavy (non-hydrogen) atoms. The van der Waals surface area contributed by atoms with Crippen LogP contribution in [0.4, 0.5) is 10.1 Å². The molecule has 0 amide bonds. The smallest absolute Gasteiger partial charge is 0.149 e. The van der Waals surface area contributed by atoms with E-state index < -0.39 is 0 Å². The highest BCUT2D eigenvalue weighted by atomic mass is 19.1. The molecular weight excluding hydrogens is 227 g/mol. The first-order valence-corrected chi connectivity index (χ1v) is 6.93. The standard InChI is InChI=1S/C15H23FN2/c1-3-12-6-7-14(17)15(16)13(12)10-11(2)18-8-4-5-9-18/h6-7,11H,3-5,8-10,17H2,1-2H3. The minimum atomic E-state index is -0.208. The average molecular weight is 250 g/mol. The van der Waals surface area contributed by atoms with Gasteiger partial charge in [0.05, 0.1) is 5.69 Å². The van der Waals surface area contributed by atoms with Crippen LogP contribution in [0.3, 0.4) is 0 Å². The van der Waals surface area contributed by atoms with E-state index in [2.05, 4.69) is 18.7 Å². The van der Waals surface area contributed by atoms with Gasteiger partial charge < -0.3 is 10.6 Å². The Kier molecular flexibility index (Phi) is 4.23. The molecule has 2 rings (SSSR count). The lowest BCUT2D eigenvalue weighted by atomic mass is 9.97. The van der Waals surface area contributed by atoms with Crippen LogP contribution in [-0.2, 0) is 12.8 Å². The fourth-order valence-corrected chi connectivity index (χ4v) is 2.84. The van der Waals surface area contributed by atoms with Gasteiger partial charge in [0.1, 0.15) is 5.82 Å². The zero-order valence-corrected chi connectivity index (χ0v) is 11.4. The second-order valence-corrected chi connectivity index (χ2v) is 5.26. The summed E-state index contributed by atoms with van der Waals surface area (Å²) < 4.78 is 14.2. The maximum atomic E-state index is 14.2. The molecular formula is C15H23FN2. The number of nitrogens with two attached hydrogens (primary N) is 1. The van der Waals surface area contributed by atoms with E-state index in [0.29, 0.717) is 6.04 Å². The SMILES string of the molecule is CCc1ccc(N)c(F)c1CC(C)N1CCCC1. The van der Waals surface area contributed by atoms with Gasteiger partial charge in [-0.05, 0) is 62.9 Å². The number of halogens is 1. The second kappa shape index (κ2) is 5.70. The summed E-state index contributed by atoms with van der Waals surface area (Å²) in [6, 6.07) is 4.04. The molecule has 1 aromatic carbocycles. The molecule has 1 saturated heterocycles. The molecule has 1 aliphatic heterocycles. The van der Waals surface area contributed by atoms with Crippen LogP contribution in [0.1, 0.15) is 37.8 Å². The number of nitrogen functional groups attached to an aromatic ring is 1. The molecule has 100 valence electrons. The monoisotopic (exact) mass is 250 g/mol. The minimum absolute atomic E-state index is 0.208. The molecule has 2 N–H and O–H groups in total. The van der Waals surface area contributed by atoms with Crippen molar-refractivity contribution in [3.63, 3.8) is 0 Å². The van der Waals surface area contributed by atoms with Crippen LogP contribution >= 0.6 is 0 Å². The second-order valence-electron chi connectivity index (χ2n) is 5.26. The number of anilines is 1. The molecule has 1 heterocycles. The van der Waals surface area contributed by atoms with E-state index in [1.165, 1.54) is 12.8 Å². The highest BCUT2D eigenvalue weighted by molar-refractivity contribution is 5.47. The number of hydrogen-bond acceptors (Lipinski definition) is 2. The van der Waals surface area contributed by atoms with E-state index in [-0.39, 0.29) is 11.5 Å². The van der Waals surface area contributed by atoms with Gasteiger partial charge >= 0.3 is 0 Å². The van der Waals surface area contributed by atoms with Crippen molar-refractivity contribution in [1.29, 1.82) is 0 Å². The normalized spacial score (nSPS) is 18.2. The first-order valence-electron chi connectivity index (χ1n) is 6.93. The number of nitrogens with zero attached hydrogens (tertiary/aromatic N) is 1. The molecule has 1 aromatic rings. The summed E-state index contributed by atoms with van der Waals surface area (Å²) in [6.07, 6.45) is 4.16. The van der Waals surface area contributed by atoms with Gasteiger partial charge in [0, 0.05) is 6.04 Å². The molecule has 1 aliphatic rings. The van der Waals surface area contributed by atoms with Gasteiger partial charge in [-0.25, -0.2) is 4.39 Å². The van der Waals surface area contributed by atoms with Gasteiger partial charge in [-0.2, -0.15) is 0 Å². The lowest BCUT2D eigenvalue weighted by molar-refractivity contribution is 0.256. The van der Waals surface area contributed by atoms with Crippen LogP contribution in [-0.4, -0.2) is 24.0 Å². The van der Waals surface area contributed by atoms with E-state index >= 15 is 0 Å². The highest BCUT2D eigenvalue weighted by Crippen LogP contribution is 2.24. The van der Waals surface area contributed by atoms with Crippen LogP contribution in [0.15, 0.2) is 12.1 Å². The summed E-state index contributed by atoms with van der Waals surface area (Å²) in [7, 11) is 0. The van der Waals surface area contributed by atoms with Gasteiger partial charge in [-0.1, -0.05) is 13.0 Å². The van der Waals surface area contributed by atoms with Crippen LogP contribution in [0, 0.1) is 5.82 Å². The van der Waals surface area contributed by atoms with Crippen molar-refractivity contribution in [1.82, 2.24) is 4.90 Å². The molecule has 2 nitrogen and oxygen atoms in total. The van der Waals surface area contributed by atoms with Crippen molar-refractivity contribution in [3.8, 4) is 0 Å². The molecule has 3 heteroatoms. The van der Waals surface area contributed by atoms with E-state index in [4.69, 9.17) is 5.73 Å². The van der Waals surface area contributed by atoms with Crippen LogP contribution in [0.5, 0.6) is 0 Å². The van der Waals surface area contributed by atoms with Crippen LogP contribution < -0.4 is 5.73 Å². The Labute approximate surface area is 109 Å². The number of rotatable bonds is 4. The summed E-state index contributed by atoms with van der Waals surface area (Å²) in [5, 5.41) is 0. The molecule has 1 fully saturated rings. The third-order valence-corrected chi connectivity index (χ3v) is 4.01. The van der Waals surface area contributed by atoms with Crippen molar-refractivity contribution in [3.05, 3.63) is 29.1 Å². The molecule has 1 unspecified atom stereocenters. The molecule has 0 bridgehead atoms. The fourth-order valence-electron chi connectivity index (χ4n) is 2.84. The largest absolute Gasteiger partial charge is 0.396 e. The predicted octanol–water partition coefficient (Wildman–Crippen LogP) is 3.00. The molecule has 0 spiro atoms. The first-order chi connectivity index (χ1) is 8.63. The Balaban J connectivity index is 2.18. The Hall–Kier alpha value is -1.09. The summed E-state index contributed by atoms with van der Waals surface area (Å²) in [4.78, 5) is 2.45. The van der Waals surface area contributed by atoms with Gasteiger partial charge in [0.15, 0.2) is 0 Å². The average Bonchev–Trinajstić information content (AvgIpc) is 2.89. The van der Waals surface area contributed by atoms with Crippen molar-refractivity contribution in [2.45, 2.75) is 45.6 Å². The Morgan fingerprint density at radius 3 is 2.61 bits per heavy atom. The Morgan fingerprint density at radius 1 is 1.33 bits per heavy atom. The first kappa shape index (κ1) is 13.3. The number of benzene rings is 1. The van der Waals surface area contributed by atoms with E-state index in [0.717, 1.165) is 37.1 Å². The summed E-state index contributed by atoms with van der Waals surface area (Å²) in [6.45, 7) is 6.54. The number of hydrogen-bond donors (Lipinski definition) is 1. The number of likely N-dealkylation sites (tertiary alicyclic amines) is 1. The van der Waals surface area contributed by atoms with Crippen molar-refractivity contribution in [2.24, 2.45) is 0 Å². The summed E-state index contributed by atoms with van der Waals surface area (Å²) in [5.41, 5.74) is 7.87. The molecule has 0 aliphatic carbocycles. The zero-order chi connectivity index (χ0) is 13.1. The third-order valence-electron chi connectivity index (χ3n) is 4.01. The molecule has 0 aromatic heterocycles. The van der Waals surface area contributed by atoms with Crippen molar-refractivity contribution in [2.75, 3.05) is 18.8 Å². The van der Waals surface area contributed by atoms with Gasteiger partial charge in [-0.3, -0.25) is 0 Å². The van der Waals surface area contributed by atoms with E-state index in [1.54, 1.807) is 6.07 Å². The van der Waals surface area contributed by atoms with Gasteiger partial charge in [0.2, 0.25) is 0 Å².